The highest BCUT2D eigenvalue weighted by Crippen LogP contribution is 2.30. The second-order valence-electron chi connectivity index (χ2n) is 5.16. The Balaban J connectivity index is 2.37. The van der Waals surface area contributed by atoms with Crippen LogP contribution in [0.15, 0.2) is 47.4 Å². The molecular weight excluding hydrogens is 286 g/mol. The number of benzene rings is 2. The molecule has 0 atom stereocenters. The minimum absolute atomic E-state index is 0.00250. The number of rotatable bonds is 4. The number of para-hydroxylation sites is 1. The highest BCUT2D eigenvalue weighted by atomic mass is 32.2. The molecule has 5 nitrogen and oxygen atoms in total. The Morgan fingerprint density at radius 1 is 1.05 bits per heavy atom. The Labute approximate surface area is 125 Å². The van der Waals surface area contributed by atoms with Crippen molar-refractivity contribution in [3.05, 3.63) is 48.0 Å². The van der Waals surface area contributed by atoms with Gasteiger partial charge in [0.05, 0.1) is 16.3 Å². The average Bonchev–Trinajstić information content (AvgIpc) is 2.40. The molecule has 5 N–H and O–H groups in total. The zero-order valence-electron chi connectivity index (χ0n) is 12.0. The fraction of sp³-hybridized carbons (Fsp3) is 0.200. The number of nitrogen functional groups attached to an aromatic ring is 1. The van der Waals surface area contributed by atoms with Gasteiger partial charge in [-0.2, -0.15) is 0 Å². The lowest BCUT2D eigenvalue weighted by atomic mass is 10.0. The Bertz CT molecular complexity index is 755. The van der Waals surface area contributed by atoms with Gasteiger partial charge in [0.25, 0.3) is 0 Å². The molecular formula is C15H19N3O2S. The van der Waals surface area contributed by atoms with E-state index in [1.165, 1.54) is 12.1 Å². The van der Waals surface area contributed by atoms with Gasteiger partial charge in [0, 0.05) is 5.69 Å². The molecule has 0 amide bonds. The van der Waals surface area contributed by atoms with Crippen LogP contribution < -0.4 is 16.2 Å². The van der Waals surface area contributed by atoms with E-state index in [9.17, 15) is 8.42 Å². The van der Waals surface area contributed by atoms with Crippen LogP contribution in [0.25, 0.3) is 0 Å². The molecule has 2 aromatic carbocycles. The number of primary sulfonamides is 1. The van der Waals surface area contributed by atoms with Gasteiger partial charge in [-0.15, -0.1) is 0 Å². The molecule has 0 radical (unpaired) electrons. The second-order valence-corrected chi connectivity index (χ2v) is 6.72. The van der Waals surface area contributed by atoms with E-state index in [2.05, 4.69) is 19.2 Å². The second kappa shape index (κ2) is 5.75. The van der Waals surface area contributed by atoms with Crippen LogP contribution in [-0.2, 0) is 10.0 Å². The molecule has 21 heavy (non-hydrogen) atoms. The first kappa shape index (κ1) is 15.3. The molecule has 112 valence electrons. The van der Waals surface area contributed by atoms with E-state index in [0.29, 0.717) is 17.3 Å². The van der Waals surface area contributed by atoms with Gasteiger partial charge < -0.3 is 11.1 Å². The fourth-order valence-corrected chi connectivity index (χ4v) is 2.64. The molecule has 0 aliphatic rings. The molecule has 0 aromatic heterocycles. The van der Waals surface area contributed by atoms with Gasteiger partial charge in [0.15, 0.2) is 0 Å². The minimum Gasteiger partial charge on any atom is -0.397 e. The van der Waals surface area contributed by atoms with E-state index in [4.69, 9.17) is 10.9 Å². The summed E-state index contributed by atoms with van der Waals surface area (Å²) in [5.41, 5.74) is 9.00. The first-order valence-corrected chi connectivity index (χ1v) is 8.12. The first-order valence-electron chi connectivity index (χ1n) is 6.57. The Hall–Kier alpha value is -2.05. The highest BCUT2D eigenvalue weighted by Gasteiger charge is 2.11. The van der Waals surface area contributed by atoms with Crippen LogP contribution in [-0.4, -0.2) is 8.42 Å². The SMILES string of the molecule is CC(C)c1ccccc1Nc1ccc(S(N)(=O)=O)cc1N. The van der Waals surface area contributed by atoms with E-state index >= 15 is 0 Å². The van der Waals surface area contributed by atoms with E-state index < -0.39 is 10.0 Å². The summed E-state index contributed by atoms with van der Waals surface area (Å²) in [5.74, 6) is 0.360. The summed E-state index contributed by atoms with van der Waals surface area (Å²) in [7, 11) is -3.74. The third-order valence-corrected chi connectivity index (χ3v) is 4.11. The number of nitrogens with two attached hydrogens (primary N) is 2. The summed E-state index contributed by atoms with van der Waals surface area (Å²) in [6, 6.07) is 12.3. The Kier molecular flexibility index (Phi) is 4.20. The molecule has 0 bridgehead atoms. The van der Waals surface area contributed by atoms with Crippen molar-refractivity contribution in [2.45, 2.75) is 24.7 Å². The van der Waals surface area contributed by atoms with Gasteiger partial charge in [-0.25, -0.2) is 13.6 Å². The van der Waals surface area contributed by atoms with Crippen LogP contribution in [0.1, 0.15) is 25.3 Å². The molecule has 0 aliphatic carbocycles. The van der Waals surface area contributed by atoms with Gasteiger partial charge >= 0.3 is 0 Å². The summed E-state index contributed by atoms with van der Waals surface area (Å²) in [6.07, 6.45) is 0. The number of anilines is 3. The zero-order valence-corrected chi connectivity index (χ0v) is 12.8. The number of nitrogens with one attached hydrogen (secondary N) is 1. The lowest BCUT2D eigenvalue weighted by Crippen LogP contribution is -2.12. The van der Waals surface area contributed by atoms with Crippen molar-refractivity contribution in [1.82, 2.24) is 0 Å². The minimum atomic E-state index is -3.74. The van der Waals surface area contributed by atoms with Crippen LogP contribution in [0.3, 0.4) is 0 Å². The van der Waals surface area contributed by atoms with Crippen molar-refractivity contribution >= 4 is 27.1 Å². The predicted molar refractivity (Wildman–Crippen MR) is 86.0 cm³/mol. The summed E-state index contributed by atoms with van der Waals surface area (Å²) >= 11 is 0. The fourth-order valence-electron chi connectivity index (χ4n) is 2.09. The molecule has 2 rings (SSSR count). The molecule has 0 fully saturated rings. The van der Waals surface area contributed by atoms with Gasteiger partial charge in [-0.3, -0.25) is 0 Å². The molecule has 2 aromatic rings. The topological polar surface area (TPSA) is 98.2 Å². The highest BCUT2D eigenvalue weighted by molar-refractivity contribution is 7.89. The lowest BCUT2D eigenvalue weighted by molar-refractivity contribution is 0.598. The molecule has 6 heteroatoms. The summed E-state index contributed by atoms with van der Waals surface area (Å²) in [6.45, 7) is 4.21. The maximum absolute atomic E-state index is 11.3. The van der Waals surface area contributed by atoms with Crippen molar-refractivity contribution < 1.29 is 8.42 Å². The van der Waals surface area contributed by atoms with Crippen molar-refractivity contribution in [2.75, 3.05) is 11.1 Å². The molecule has 0 saturated heterocycles. The van der Waals surface area contributed by atoms with Crippen molar-refractivity contribution in [1.29, 1.82) is 0 Å². The summed E-state index contributed by atoms with van der Waals surface area (Å²) in [4.78, 5) is 0.00250. The maximum Gasteiger partial charge on any atom is 0.238 e. The monoisotopic (exact) mass is 305 g/mol. The number of hydrogen-bond donors (Lipinski definition) is 3. The maximum atomic E-state index is 11.3. The van der Waals surface area contributed by atoms with Gasteiger partial charge in [-0.05, 0) is 35.7 Å². The Morgan fingerprint density at radius 2 is 1.71 bits per heavy atom. The summed E-state index contributed by atoms with van der Waals surface area (Å²) < 4.78 is 22.6. The average molecular weight is 305 g/mol. The van der Waals surface area contributed by atoms with Crippen LogP contribution in [0, 0.1) is 0 Å². The molecule has 0 unspecified atom stereocenters. The molecule has 0 heterocycles. The van der Waals surface area contributed by atoms with Crippen molar-refractivity contribution in [2.24, 2.45) is 5.14 Å². The third-order valence-electron chi connectivity index (χ3n) is 3.20. The van der Waals surface area contributed by atoms with Crippen LogP contribution >= 0.6 is 0 Å². The normalized spacial score (nSPS) is 11.6. The molecule has 0 spiro atoms. The molecule has 0 aliphatic heterocycles. The first-order chi connectivity index (χ1) is 9.79. The third kappa shape index (κ3) is 3.53. The van der Waals surface area contributed by atoms with Crippen LogP contribution in [0.5, 0.6) is 0 Å². The van der Waals surface area contributed by atoms with E-state index in [0.717, 1.165) is 11.3 Å². The smallest absolute Gasteiger partial charge is 0.238 e. The zero-order chi connectivity index (χ0) is 15.6. The largest absolute Gasteiger partial charge is 0.397 e. The summed E-state index contributed by atoms with van der Waals surface area (Å²) in [5, 5.41) is 8.33. The number of sulfonamides is 1. The van der Waals surface area contributed by atoms with E-state index in [1.807, 2.05) is 24.3 Å². The predicted octanol–water partition coefficient (Wildman–Crippen LogP) is 2.78. The van der Waals surface area contributed by atoms with Crippen molar-refractivity contribution in [3.8, 4) is 0 Å². The Morgan fingerprint density at radius 3 is 2.29 bits per heavy atom. The van der Waals surface area contributed by atoms with E-state index in [-0.39, 0.29) is 4.90 Å². The van der Waals surface area contributed by atoms with Gasteiger partial charge in [0.1, 0.15) is 0 Å². The van der Waals surface area contributed by atoms with Crippen LogP contribution in [0.4, 0.5) is 17.1 Å². The number of hydrogen-bond acceptors (Lipinski definition) is 4. The van der Waals surface area contributed by atoms with Gasteiger partial charge in [-0.1, -0.05) is 32.0 Å². The molecule has 0 saturated carbocycles. The lowest BCUT2D eigenvalue weighted by Gasteiger charge is -2.16. The van der Waals surface area contributed by atoms with Gasteiger partial charge in [0.2, 0.25) is 10.0 Å². The van der Waals surface area contributed by atoms with Crippen LogP contribution in [0.2, 0.25) is 0 Å². The van der Waals surface area contributed by atoms with Crippen molar-refractivity contribution in [3.63, 3.8) is 0 Å². The van der Waals surface area contributed by atoms with E-state index in [1.54, 1.807) is 6.07 Å². The standard InChI is InChI=1S/C15H19N3O2S/c1-10(2)12-5-3-4-6-14(12)18-15-8-7-11(9-13(15)16)21(17,19)20/h3-10,18H,16H2,1-2H3,(H2,17,19,20). The quantitative estimate of drug-likeness (QED) is 0.756.